The van der Waals surface area contributed by atoms with E-state index in [1.54, 1.807) is 37.5 Å². The van der Waals surface area contributed by atoms with Crippen LogP contribution in [0.15, 0.2) is 52.0 Å². The molecular weight excluding hydrogens is 454 g/mol. The number of aryl methyl sites for hydroxylation is 1. The molecule has 2 aromatic heterocycles. The fourth-order valence-electron chi connectivity index (χ4n) is 4.29. The number of sulfonamides is 1. The smallest absolute Gasteiger partial charge is 0.243 e. The van der Waals surface area contributed by atoms with Gasteiger partial charge in [0.05, 0.1) is 4.90 Å². The predicted molar refractivity (Wildman–Crippen MR) is 129 cm³/mol. The zero-order valence-corrected chi connectivity index (χ0v) is 20.3. The van der Waals surface area contributed by atoms with Crippen LogP contribution in [-0.2, 0) is 10.0 Å². The van der Waals surface area contributed by atoms with Gasteiger partial charge in [0.1, 0.15) is 12.0 Å². The average Bonchev–Trinajstić information content (AvgIpc) is 3.31. The van der Waals surface area contributed by atoms with E-state index in [4.69, 9.17) is 4.42 Å². The monoisotopic (exact) mass is 483 g/mol. The quantitative estimate of drug-likeness (QED) is 0.537. The summed E-state index contributed by atoms with van der Waals surface area (Å²) in [5.74, 6) is 2.24. The number of aromatic nitrogens is 3. The van der Waals surface area contributed by atoms with Crippen molar-refractivity contribution in [2.75, 3.05) is 69.2 Å². The van der Waals surface area contributed by atoms with Gasteiger partial charge in [-0.15, -0.1) is 10.2 Å². The number of rotatable bonds is 5. The predicted octanol–water partition coefficient (Wildman–Crippen LogP) is 1.70. The maximum absolute atomic E-state index is 13.2. The van der Waals surface area contributed by atoms with Gasteiger partial charge in [0.2, 0.25) is 10.0 Å². The van der Waals surface area contributed by atoms with Crippen LogP contribution in [0.2, 0.25) is 0 Å². The number of likely N-dealkylation sites (N-methyl/N-ethyl adjacent to an activating group) is 1. The van der Waals surface area contributed by atoms with Crippen LogP contribution in [-0.4, -0.2) is 92.2 Å². The Labute approximate surface area is 199 Å². The molecular formula is C23H29N7O3S. The highest BCUT2D eigenvalue weighted by atomic mass is 32.2. The van der Waals surface area contributed by atoms with Crippen LogP contribution in [0, 0.1) is 6.92 Å². The largest absolute Gasteiger partial charge is 0.449 e. The van der Waals surface area contributed by atoms with Crippen LogP contribution in [0.1, 0.15) is 5.89 Å². The zero-order chi connectivity index (χ0) is 23.7. The van der Waals surface area contributed by atoms with E-state index in [1.807, 2.05) is 12.1 Å². The van der Waals surface area contributed by atoms with Crippen LogP contribution < -0.4 is 9.80 Å². The molecule has 3 aromatic rings. The Bertz CT molecular complexity index is 1210. The van der Waals surface area contributed by atoms with Crippen molar-refractivity contribution in [2.24, 2.45) is 0 Å². The van der Waals surface area contributed by atoms with Gasteiger partial charge in [-0.3, -0.25) is 0 Å². The third kappa shape index (κ3) is 4.63. The number of hydrogen-bond donors (Lipinski definition) is 0. The molecule has 2 saturated heterocycles. The first-order chi connectivity index (χ1) is 16.4. The molecule has 2 fully saturated rings. The fraction of sp³-hybridized carbons (Fsp3) is 0.435. The molecule has 0 bridgehead atoms. The minimum Gasteiger partial charge on any atom is -0.449 e. The van der Waals surface area contributed by atoms with Crippen LogP contribution >= 0.6 is 0 Å². The van der Waals surface area contributed by atoms with Crippen molar-refractivity contribution in [1.82, 2.24) is 24.4 Å². The van der Waals surface area contributed by atoms with E-state index in [1.165, 1.54) is 4.31 Å². The maximum atomic E-state index is 13.2. The first-order valence-corrected chi connectivity index (χ1v) is 12.9. The highest BCUT2D eigenvalue weighted by Crippen LogP contribution is 2.24. The van der Waals surface area contributed by atoms with Crippen molar-refractivity contribution in [3.63, 3.8) is 0 Å². The van der Waals surface area contributed by atoms with Crippen LogP contribution in [0.4, 0.5) is 11.6 Å². The van der Waals surface area contributed by atoms with Gasteiger partial charge in [-0.25, -0.2) is 13.4 Å². The van der Waals surface area contributed by atoms with E-state index in [2.05, 4.69) is 36.9 Å². The van der Waals surface area contributed by atoms with Gasteiger partial charge in [-0.05, 0) is 31.3 Å². The van der Waals surface area contributed by atoms with Crippen LogP contribution in [0.25, 0.3) is 11.3 Å². The molecule has 0 saturated carbocycles. The Morgan fingerprint density at radius 2 is 1.35 bits per heavy atom. The second kappa shape index (κ2) is 9.32. The number of piperazine rings is 2. The molecule has 34 heavy (non-hydrogen) atoms. The molecule has 2 aliphatic heterocycles. The van der Waals surface area contributed by atoms with Crippen molar-refractivity contribution in [1.29, 1.82) is 0 Å². The lowest BCUT2D eigenvalue weighted by Crippen LogP contribution is -2.49. The molecule has 0 atom stereocenters. The number of benzene rings is 1. The second-order valence-corrected chi connectivity index (χ2v) is 10.6. The van der Waals surface area contributed by atoms with Gasteiger partial charge in [-0.2, -0.15) is 4.31 Å². The molecule has 11 heteroatoms. The SMILES string of the molecule is Cc1nc(-c2ccc(S(=O)(=O)N3CCN(c4ccc(N5CCN(C)CC5)nn4)CC3)cc2)co1. The molecule has 0 aliphatic carbocycles. The zero-order valence-electron chi connectivity index (χ0n) is 19.5. The first-order valence-electron chi connectivity index (χ1n) is 11.4. The van der Waals surface area contributed by atoms with Crippen molar-refractivity contribution < 1.29 is 12.8 Å². The van der Waals surface area contributed by atoms with Gasteiger partial charge < -0.3 is 19.1 Å². The summed E-state index contributed by atoms with van der Waals surface area (Å²) in [5, 5.41) is 8.85. The Kier molecular flexibility index (Phi) is 6.24. The van der Waals surface area contributed by atoms with Crippen molar-refractivity contribution >= 4 is 21.7 Å². The van der Waals surface area contributed by atoms with Crippen LogP contribution in [0.3, 0.4) is 0 Å². The number of oxazole rings is 1. The molecule has 0 N–H and O–H groups in total. The fourth-order valence-corrected chi connectivity index (χ4v) is 5.71. The minimum absolute atomic E-state index is 0.279. The first kappa shape index (κ1) is 22.8. The summed E-state index contributed by atoms with van der Waals surface area (Å²) in [5.41, 5.74) is 1.51. The molecule has 5 rings (SSSR count). The molecule has 180 valence electrons. The van der Waals surface area contributed by atoms with Crippen LogP contribution in [0.5, 0.6) is 0 Å². The molecule has 2 aliphatic rings. The number of hydrogen-bond acceptors (Lipinski definition) is 9. The van der Waals surface area contributed by atoms with Crippen molar-refractivity contribution in [3.8, 4) is 11.3 Å². The number of anilines is 2. The summed E-state index contributed by atoms with van der Waals surface area (Å²) in [6.45, 7) is 7.63. The summed E-state index contributed by atoms with van der Waals surface area (Å²) < 4.78 is 33.1. The summed E-state index contributed by atoms with van der Waals surface area (Å²) >= 11 is 0. The highest BCUT2D eigenvalue weighted by Gasteiger charge is 2.29. The Morgan fingerprint density at radius 3 is 1.85 bits per heavy atom. The van der Waals surface area contributed by atoms with Gasteiger partial charge in [0.15, 0.2) is 17.5 Å². The molecule has 0 radical (unpaired) electrons. The molecule has 10 nitrogen and oxygen atoms in total. The third-order valence-electron chi connectivity index (χ3n) is 6.43. The van der Waals surface area contributed by atoms with E-state index in [-0.39, 0.29) is 4.90 Å². The minimum atomic E-state index is -3.57. The van der Waals surface area contributed by atoms with Gasteiger partial charge >= 0.3 is 0 Å². The Morgan fingerprint density at radius 1 is 0.794 bits per heavy atom. The average molecular weight is 484 g/mol. The number of nitrogens with zero attached hydrogens (tertiary/aromatic N) is 7. The molecule has 1 aromatic carbocycles. The lowest BCUT2D eigenvalue weighted by atomic mass is 10.2. The third-order valence-corrected chi connectivity index (χ3v) is 8.35. The van der Waals surface area contributed by atoms with Gasteiger partial charge in [0, 0.05) is 64.8 Å². The lowest BCUT2D eigenvalue weighted by Gasteiger charge is -2.35. The molecule has 4 heterocycles. The highest BCUT2D eigenvalue weighted by molar-refractivity contribution is 7.89. The van der Waals surface area contributed by atoms with E-state index < -0.39 is 10.0 Å². The standard InChI is InChI=1S/C23H29N7O3S/c1-18-24-21(17-33-18)19-3-5-20(6-4-19)34(31,32)30-15-13-29(14-16-30)23-8-7-22(25-26-23)28-11-9-27(2)10-12-28/h3-8,17H,9-16H2,1-2H3. The Balaban J connectivity index is 1.20. The summed E-state index contributed by atoms with van der Waals surface area (Å²) in [6, 6.07) is 10.8. The van der Waals surface area contributed by atoms with E-state index in [0.29, 0.717) is 37.8 Å². The van der Waals surface area contributed by atoms with Crippen molar-refractivity contribution in [2.45, 2.75) is 11.8 Å². The van der Waals surface area contributed by atoms with Crippen molar-refractivity contribution in [3.05, 3.63) is 48.6 Å². The van der Waals surface area contributed by atoms with E-state index in [9.17, 15) is 8.42 Å². The summed E-state index contributed by atoms with van der Waals surface area (Å²) in [7, 11) is -1.45. The van der Waals surface area contributed by atoms with Gasteiger partial charge in [-0.1, -0.05) is 12.1 Å². The van der Waals surface area contributed by atoms with E-state index >= 15 is 0 Å². The van der Waals surface area contributed by atoms with E-state index in [0.717, 1.165) is 43.4 Å². The summed E-state index contributed by atoms with van der Waals surface area (Å²) in [4.78, 5) is 11.2. The van der Waals surface area contributed by atoms with Gasteiger partial charge in [0.25, 0.3) is 0 Å². The molecule has 0 unspecified atom stereocenters. The molecule has 0 amide bonds. The summed E-state index contributed by atoms with van der Waals surface area (Å²) in [6.07, 6.45) is 1.57. The maximum Gasteiger partial charge on any atom is 0.243 e. The lowest BCUT2D eigenvalue weighted by molar-refractivity contribution is 0.312. The second-order valence-electron chi connectivity index (χ2n) is 8.71. The molecule has 0 spiro atoms. The normalized spacial score (nSPS) is 18.4. The Hall–Kier alpha value is -3.02. The topological polar surface area (TPSA) is 98.9 Å².